The van der Waals surface area contributed by atoms with E-state index in [-0.39, 0.29) is 5.69 Å². The largest absolute Gasteiger partial charge is 0.476 e. The first kappa shape index (κ1) is 15.7. The second-order valence-electron chi connectivity index (χ2n) is 4.93. The number of carboxylic acids is 1. The Labute approximate surface area is 115 Å². The summed E-state index contributed by atoms with van der Waals surface area (Å²) in [4.78, 5) is 11.1. The first-order valence-corrected chi connectivity index (χ1v) is 7.36. The average molecular weight is 267 g/mol. The van der Waals surface area contributed by atoms with E-state index in [1.54, 1.807) is 4.68 Å². The summed E-state index contributed by atoms with van der Waals surface area (Å²) in [6.07, 6.45) is 8.71. The van der Waals surface area contributed by atoms with Crippen LogP contribution in [0.15, 0.2) is 0 Å². The average Bonchev–Trinajstić information content (AvgIpc) is 2.79. The molecule has 0 aliphatic heterocycles. The molecular weight excluding hydrogens is 242 g/mol. The zero-order valence-electron chi connectivity index (χ0n) is 12.1. The van der Waals surface area contributed by atoms with Gasteiger partial charge in [0.15, 0.2) is 5.69 Å². The minimum absolute atomic E-state index is 0.127. The van der Waals surface area contributed by atoms with Gasteiger partial charge in [0.1, 0.15) is 0 Å². The zero-order chi connectivity index (χ0) is 14.1. The van der Waals surface area contributed by atoms with Gasteiger partial charge >= 0.3 is 5.97 Å². The highest BCUT2D eigenvalue weighted by atomic mass is 16.4. The van der Waals surface area contributed by atoms with Gasteiger partial charge in [-0.25, -0.2) is 9.48 Å². The third-order valence-electron chi connectivity index (χ3n) is 3.28. The Kier molecular flexibility index (Phi) is 7.15. The highest BCUT2D eigenvalue weighted by Crippen LogP contribution is 2.12. The lowest BCUT2D eigenvalue weighted by Crippen LogP contribution is -2.09. The third-order valence-corrected chi connectivity index (χ3v) is 3.28. The van der Waals surface area contributed by atoms with Crippen LogP contribution in [0.2, 0.25) is 0 Å². The number of hydrogen-bond donors (Lipinski definition) is 1. The molecule has 0 aliphatic rings. The number of rotatable bonds is 10. The summed E-state index contributed by atoms with van der Waals surface area (Å²) in [5, 5.41) is 16.9. The lowest BCUT2D eigenvalue weighted by Gasteiger charge is -2.06. The van der Waals surface area contributed by atoms with Crippen LogP contribution in [-0.4, -0.2) is 26.1 Å². The Morgan fingerprint density at radius 2 is 1.79 bits per heavy atom. The number of hydrogen-bond acceptors (Lipinski definition) is 3. The molecule has 1 N–H and O–H groups in total. The van der Waals surface area contributed by atoms with E-state index in [2.05, 4.69) is 24.2 Å². The van der Waals surface area contributed by atoms with Crippen molar-refractivity contribution >= 4 is 5.97 Å². The van der Waals surface area contributed by atoms with Crippen molar-refractivity contribution in [2.24, 2.45) is 0 Å². The molecule has 0 unspecified atom stereocenters. The molecule has 0 bridgehead atoms. The van der Waals surface area contributed by atoms with E-state index in [0.717, 1.165) is 37.9 Å². The predicted octanol–water partition coefficient (Wildman–Crippen LogP) is 3.29. The Balaban J connectivity index is 2.58. The molecule has 1 aromatic rings. The molecule has 5 nitrogen and oxygen atoms in total. The van der Waals surface area contributed by atoms with E-state index in [1.807, 2.05) is 0 Å². The summed E-state index contributed by atoms with van der Waals surface area (Å²) >= 11 is 0. The van der Waals surface area contributed by atoms with Crippen molar-refractivity contribution in [3.8, 4) is 0 Å². The number of aromatic nitrogens is 3. The van der Waals surface area contributed by atoms with Gasteiger partial charge in [-0.1, -0.05) is 51.2 Å². The third kappa shape index (κ3) is 5.01. The molecule has 0 atom stereocenters. The van der Waals surface area contributed by atoms with Crippen molar-refractivity contribution in [2.75, 3.05) is 0 Å². The molecule has 0 amide bonds. The van der Waals surface area contributed by atoms with Gasteiger partial charge in [0.05, 0.1) is 5.69 Å². The SMILES string of the molecule is CCCCCCCn1nnc(C(=O)O)c1CCCC. The van der Waals surface area contributed by atoms with Crippen molar-refractivity contribution in [3.63, 3.8) is 0 Å². The van der Waals surface area contributed by atoms with E-state index < -0.39 is 5.97 Å². The highest BCUT2D eigenvalue weighted by molar-refractivity contribution is 5.86. The predicted molar refractivity (Wildman–Crippen MR) is 74.4 cm³/mol. The molecule has 0 spiro atoms. The van der Waals surface area contributed by atoms with Crippen LogP contribution in [0.25, 0.3) is 0 Å². The van der Waals surface area contributed by atoms with E-state index in [4.69, 9.17) is 5.11 Å². The van der Waals surface area contributed by atoms with Gasteiger partial charge in [-0.3, -0.25) is 0 Å². The molecule has 19 heavy (non-hydrogen) atoms. The molecule has 0 aliphatic carbocycles. The van der Waals surface area contributed by atoms with Crippen molar-refractivity contribution in [1.29, 1.82) is 0 Å². The second-order valence-corrected chi connectivity index (χ2v) is 4.93. The van der Waals surface area contributed by atoms with Crippen LogP contribution in [0.3, 0.4) is 0 Å². The summed E-state index contributed by atoms with van der Waals surface area (Å²) in [5.74, 6) is -0.969. The number of unbranched alkanes of at least 4 members (excludes halogenated alkanes) is 5. The van der Waals surface area contributed by atoms with Gasteiger partial charge in [0, 0.05) is 6.54 Å². The smallest absolute Gasteiger partial charge is 0.358 e. The van der Waals surface area contributed by atoms with Gasteiger partial charge in [-0.05, 0) is 19.3 Å². The van der Waals surface area contributed by atoms with Crippen LogP contribution in [0, 0.1) is 0 Å². The van der Waals surface area contributed by atoms with Crippen molar-refractivity contribution in [1.82, 2.24) is 15.0 Å². The fourth-order valence-electron chi connectivity index (χ4n) is 2.14. The number of aromatic carboxylic acids is 1. The Morgan fingerprint density at radius 1 is 1.11 bits per heavy atom. The van der Waals surface area contributed by atoms with Gasteiger partial charge < -0.3 is 5.11 Å². The lowest BCUT2D eigenvalue weighted by molar-refractivity contribution is 0.0689. The molecule has 5 heteroatoms. The quantitative estimate of drug-likeness (QED) is 0.660. The molecule has 108 valence electrons. The first-order chi connectivity index (χ1) is 9.20. The Hall–Kier alpha value is -1.39. The molecule has 0 saturated heterocycles. The summed E-state index contributed by atoms with van der Waals surface area (Å²) in [6, 6.07) is 0. The maximum absolute atomic E-state index is 11.1. The van der Waals surface area contributed by atoms with E-state index in [9.17, 15) is 4.79 Å². The minimum Gasteiger partial charge on any atom is -0.476 e. The molecule has 0 aromatic carbocycles. The van der Waals surface area contributed by atoms with Crippen LogP contribution in [0.5, 0.6) is 0 Å². The van der Waals surface area contributed by atoms with Crippen LogP contribution in [-0.2, 0) is 13.0 Å². The maximum atomic E-state index is 11.1. The molecular formula is C14H25N3O2. The van der Waals surface area contributed by atoms with Crippen molar-refractivity contribution in [3.05, 3.63) is 11.4 Å². The van der Waals surface area contributed by atoms with Gasteiger partial charge in [0.25, 0.3) is 0 Å². The Morgan fingerprint density at radius 3 is 2.42 bits per heavy atom. The molecule has 1 aromatic heterocycles. The fourth-order valence-corrected chi connectivity index (χ4v) is 2.14. The molecule has 0 fully saturated rings. The van der Waals surface area contributed by atoms with Crippen LogP contribution in [0.4, 0.5) is 0 Å². The topological polar surface area (TPSA) is 68.0 Å². The first-order valence-electron chi connectivity index (χ1n) is 7.36. The normalized spacial score (nSPS) is 10.8. The van der Waals surface area contributed by atoms with E-state index in [0.29, 0.717) is 0 Å². The van der Waals surface area contributed by atoms with Crippen molar-refractivity contribution < 1.29 is 9.90 Å². The van der Waals surface area contributed by atoms with Crippen LogP contribution < -0.4 is 0 Å². The molecule has 1 rings (SSSR count). The molecule has 0 saturated carbocycles. The summed E-state index contributed by atoms with van der Waals surface area (Å²) in [5.41, 5.74) is 0.909. The highest BCUT2D eigenvalue weighted by Gasteiger charge is 2.17. The summed E-state index contributed by atoms with van der Waals surface area (Å²) in [7, 11) is 0. The number of nitrogens with zero attached hydrogens (tertiary/aromatic N) is 3. The van der Waals surface area contributed by atoms with Gasteiger partial charge in [-0.2, -0.15) is 0 Å². The summed E-state index contributed by atoms with van der Waals surface area (Å²) in [6.45, 7) is 5.07. The van der Waals surface area contributed by atoms with Crippen LogP contribution >= 0.6 is 0 Å². The number of carboxylic acid groups (broad SMARTS) is 1. The minimum atomic E-state index is -0.969. The number of carbonyl (C=O) groups is 1. The summed E-state index contributed by atoms with van der Waals surface area (Å²) < 4.78 is 1.78. The monoisotopic (exact) mass is 267 g/mol. The maximum Gasteiger partial charge on any atom is 0.358 e. The van der Waals surface area contributed by atoms with E-state index in [1.165, 1.54) is 25.7 Å². The zero-order valence-corrected chi connectivity index (χ0v) is 12.1. The number of aryl methyl sites for hydroxylation is 1. The van der Waals surface area contributed by atoms with Gasteiger partial charge in [0.2, 0.25) is 0 Å². The lowest BCUT2D eigenvalue weighted by atomic mass is 10.1. The second kappa shape index (κ2) is 8.67. The van der Waals surface area contributed by atoms with Crippen LogP contribution in [0.1, 0.15) is 75.0 Å². The standard InChI is InChI=1S/C14H25N3O2/c1-3-5-7-8-9-11-17-12(10-6-4-2)13(14(18)19)15-16-17/h3-11H2,1-2H3,(H,18,19). The van der Waals surface area contributed by atoms with E-state index >= 15 is 0 Å². The molecule has 0 radical (unpaired) electrons. The Bertz CT molecular complexity index is 388. The fraction of sp³-hybridized carbons (Fsp3) is 0.786. The van der Waals surface area contributed by atoms with Gasteiger partial charge in [-0.15, -0.1) is 5.10 Å². The van der Waals surface area contributed by atoms with Crippen molar-refractivity contribution in [2.45, 2.75) is 71.8 Å². The molecule has 1 heterocycles.